The van der Waals surface area contributed by atoms with Crippen molar-refractivity contribution in [3.63, 3.8) is 0 Å². The van der Waals surface area contributed by atoms with Crippen LogP contribution in [0.5, 0.6) is 0 Å². The molecule has 3 rings (SSSR count). The zero-order chi connectivity index (χ0) is 17.8. The Morgan fingerprint density at radius 2 is 1.72 bits per heavy atom. The van der Waals surface area contributed by atoms with Crippen LogP contribution in [0.4, 0.5) is 17.3 Å². The Morgan fingerprint density at radius 1 is 1.00 bits per heavy atom. The van der Waals surface area contributed by atoms with Crippen LogP contribution in [0.1, 0.15) is 16.1 Å². The monoisotopic (exact) mass is 372 g/mol. The molecule has 2 aromatic heterocycles. The van der Waals surface area contributed by atoms with Gasteiger partial charge in [-0.2, -0.15) is 0 Å². The molecule has 25 heavy (non-hydrogen) atoms. The minimum absolute atomic E-state index is 0.234. The van der Waals surface area contributed by atoms with E-state index < -0.39 is 0 Å². The van der Waals surface area contributed by atoms with Crippen LogP contribution in [-0.2, 0) is 0 Å². The number of benzene rings is 1. The summed E-state index contributed by atoms with van der Waals surface area (Å²) < 4.78 is 0. The molecule has 3 aromatic rings. The van der Waals surface area contributed by atoms with Crippen LogP contribution < -0.4 is 10.6 Å². The van der Waals surface area contributed by atoms with Crippen LogP contribution in [-0.4, -0.2) is 15.9 Å². The molecule has 2 heterocycles. The molecule has 1 aromatic carbocycles. The van der Waals surface area contributed by atoms with Gasteiger partial charge in [0.05, 0.1) is 15.6 Å². The van der Waals surface area contributed by atoms with Gasteiger partial charge in [0, 0.05) is 23.6 Å². The predicted octanol–water partition coefficient (Wildman–Crippen LogP) is 5.09. The summed E-state index contributed by atoms with van der Waals surface area (Å²) in [5, 5.41) is 6.45. The van der Waals surface area contributed by atoms with E-state index in [2.05, 4.69) is 20.6 Å². The van der Waals surface area contributed by atoms with Gasteiger partial charge in [0.15, 0.2) is 0 Å². The first-order valence-electron chi connectivity index (χ1n) is 7.45. The molecule has 0 fully saturated rings. The molecule has 0 saturated carbocycles. The first-order valence-corrected chi connectivity index (χ1v) is 8.20. The third-order valence-corrected chi connectivity index (χ3v) is 3.98. The minimum Gasteiger partial charge on any atom is -0.325 e. The zero-order valence-electron chi connectivity index (χ0n) is 13.3. The molecule has 0 radical (unpaired) electrons. The number of carbonyl (C=O) groups excluding carboxylic acids is 1. The summed E-state index contributed by atoms with van der Waals surface area (Å²) >= 11 is 12.1. The second kappa shape index (κ2) is 7.51. The minimum atomic E-state index is -0.388. The molecular formula is C18H14Cl2N4O. The molecule has 0 aliphatic carbocycles. The van der Waals surface area contributed by atoms with Crippen molar-refractivity contribution in [2.75, 3.05) is 10.6 Å². The van der Waals surface area contributed by atoms with Crippen molar-refractivity contribution < 1.29 is 4.79 Å². The van der Waals surface area contributed by atoms with E-state index in [1.54, 1.807) is 36.5 Å². The maximum atomic E-state index is 12.4. The molecule has 0 atom stereocenters. The fraction of sp³-hybridized carbons (Fsp3) is 0.0556. The molecule has 5 nitrogen and oxygen atoms in total. The lowest BCUT2D eigenvalue weighted by Gasteiger charge is -2.10. The molecule has 0 aliphatic heterocycles. The van der Waals surface area contributed by atoms with Crippen molar-refractivity contribution >= 4 is 46.4 Å². The SMILES string of the molecule is Cc1cccc(Nc2cc(NC(=O)c3c(Cl)cccc3Cl)ccn2)n1. The smallest absolute Gasteiger partial charge is 0.258 e. The standard InChI is InChI=1S/C18H14Cl2N4O/c1-11-4-2-7-15(22-11)24-16-10-12(8-9-21-16)23-18(25)17-13(19)5-3-6-14(17)20/h2-10H,1H3,(H2,21,22,23,24,25). The fourth-order valence-electron chi connectivity index (χ4n) is 2.23. The summed E-state index contributed by atoms with van der Waals surface area (Å²) in [5.74, 6) is 0.840. The lowest BCUT2D eigenvalue weighted by atomic mass is 10.2. The van der Waals surface area contributed by atoms with E-state index in [-0.39, 0.29) is 11.5 Å². The van der Waals surface area contributed by atoms with Gasteiger partial charge in [0.2, 0.25) is 0 Å². The van der Waals surface area contributed by atoms with Gasteiger partial charge in [-0.25, -0.2) is 9.97 Å². The number of aromatic nitrogens is 2. The highest BCUT2D eigenvalue weighted by Gasteiger charge is 2.14. The number of hydrogen-bond donors (Lipinski definition) is 2. The summed E-state index contributed by atoms with van der Waals surface area (Å²) in [4.78, 5) is 21.0. The highest BCUT2D eigenvalue weighted by molar-refractivity contribution is 6.40. The summed E-state index contributed by atoms with van der Waals surface area (Å²) in [6.45, 7) is 1.91. The van der Waals surface area contributed by atoms with Crippen molar-refractivity contribution in [1.29, 1.82) is 0 Å². The Labute approximate surface area is 155 Å². The molecule has 2 N–H and O–H groups in total. The van der Waals surface area contributed by atoms with Gasteiger partial charge < -0.3 is 10.6 Å². The average Bonchev–Trinajstić information content (AvgIpc) is 2.55. The lowest BCUT2D eigenvalue weighted by Crippen LogP contribution is -2.13. The van der Waals surface area contributed by atoms with E-state index in [9.17, 15) is 4.79 Å². The highest BCUT2D eigenvalue weighted by atomic mass is 35.5. The molecular weight excluding hydrogens is 359 g/mol. The topological polar surface area (TPSA) is 66.9 Å². The maximum Gasteiger partial charge on any atom is 0.258 e. The van der Waals surface area contributed by atoms with Gasteiger partial charge in [-0.3, -0.25) is 4.79 Å². The number of hydrogen-bond acceptors (Lipinski definition) is 4. The van der Waals surface area contributed by atoms with E-state index >= 15 is 0 Å². The number of amides is 1. The number of pyridine rings is 2. The van der Waals surface area contributed by atoms with E-state index in [1.807, 2.05) is 25.1 Å². The number of halogens is 2. The Balaban J connectivity index is 1.79. The first-order chi connectivity index (χ1) is 12.0. The van der Waals surface area contributed by atoms with Gasteiger partial charge in [-0.05, 0) is 37.3 Å². The highest BCUT2D eigenvalue weighted by Crippen LogP contribution is 2.25. The van der Waals surface area contributed by atoms with E-state index in [0.29, 0.717) is 27.4 Å². The Bertz CT molecular complexity index is 910. The van der Waals surface area contributed by atoms with E-state index in [1.165, 1.54) is 0 Å². The lowest BCUT2D eigenvalue weighted by molar-refractivity contribution is 0.102. The Hall–Kier alpha value is -2.63. The third kappa shape index (κ3) is 4.26. The summed E-state index contributed by atoms with van der Waals surface area (Å²) in [6.07, 6.45) is 1.59. The van der Waals surface area contributed by atoms with Gasteiger partial charge in [-0.15, -0.1) is 0 Å². The number of rotatable bonds is 4. The Kier molecular flexibility index (Phi) is 5.16. The normalized spacial score (nSPS) is 10.4. The largest absolute Gasteiger partial charge is 0.325 e. The van der Waals surface area contributed by atoms with Crippen molar-refractivity contribution in [1.82, 2.24) is 9.97 Å². The van der Waals surface area contributed by atoms with Crippen molar-refractivity contribution in [2.24, 2.45) is 0 Å². The number of carbonyl (C=O) groups is 1. The molecule has 0 saturated heterocycles. The second-order valence-corrected chi connectivity index (χ2v) is 6.08. The van der Waals surface area contributed by atoms with E-state index in [0.717, 1.165) is 5.69 Å². The van der Waals surface area contributed by atoms with Crippen molar-refractivity contribution in [3.8, 4) is 0 Å². The molecule has 1 amide bonds. The molecule has 0 spiro atoms. The molecule has 0 aliphatic rings. The zero-order valence-corrected chi connectivity index (χ0v) is 14.8. The van der Waals surface area contributed by atoms with Crippen LogP contribution >= 0.6 is 23.2 Å². The number of nitrogens with one attached hydrogen (secondary N) is 2. The maximum absolute atomic E-state index is 12.4. The average molecular weight is 373 g/mol. The first kappa shape index (κ1) is 17.2. The number of aryl methyl sites for hydroxylation is 1. The fourth-order valence-corrected chi connectivity index (χ4v) is 2.80. The molecule has 126 valence electrons. The second-order valence-electron chi connectivity index (χ2n) is 5.27. The van der Waals surface area contributed by atoms with Crippen LogP contribution in [0.15, 0.2) is 54.7 Å². The number of nitrogens with zero attached hydrogens (tertiary/aromatic N) is 2. The summed E-state index contributed by atoms with van der Waals surface area (Å²) in [5.41, 5.74) is 1.69. The van der Waals surface area contributed by atoms with Crippen molar-refractivity contribution in [3.05, 3.63) is 76.0 Å². The summed E-state index contributed by atoms with van der Waals surface area (Å²) in [6, 6.07) is 13.9. The van der Waals surface area contributed by atoms with Crippen LogP contribution in [0.2, 0.25) is 10.0 Å². The van der Waals surface area contributed by atoms with Crippen molar-refractivity contribution in [2.45, 2.75) is 6.92 Å². The van der Waals surface area contributed by atoms with E-state index in [4.69, 9.17) is 23.2 Å². The number of anilines is 3. The van der Waals surface area contributed by atoms with Gasteiger partial charge in [0.1, 0.15) is 11.6 Å². The molecule has 7 heteroatoms. The molecule has 0 bridgehead atoms. The van der Waals surface area contributed by atoms with Crippen LogP contribution in [0.25, 0.3) is 0 Å². The third-order valence-electron chi connectivity index (χ3n) is 3.35. The van der Waals surface area contributed by atoms with Gasteiger partial charge in [-0.1, -0.05) is 35.3 Å². The predicted molar refractivity (Wildman–Crippen MR) is 101 cm³/mol. The summed E-state index contributed by atoms with van der Waals surface area (Å²) in [7, 11) is 0. The van der Waals surface area contributed by atoms with Gasteiger partial charge >= 0.3 is 0 Å². The van der Waals surface area contributed by atoms with Crippen LogP contribution in [0, 0.1) is 6.92 Å². The molecule has 0 unspecified atom stereocenters. The Morgan fingerprint density at radius 3 is 2.44 bits per heavy atom. The quantitative estimate of drug-likeness (QED) is 0.669. The van der Waals surface area contributed by atoms with Gasteiger partial charge in [0.25, 0.3) is 5.91 Å². The van der Waals surface area contributed by atoms with Crippen LogP contribution in [0.3, 0.4) is 0 Å².